The maximum atomic E-state index is 12.7. The average molecular weight is 226 g/mol. The van der Waals surface area contributed by atoms with E-state index in [1.807, 2.05) is 5.43 Å². The average Bonchev–Trinajstić information content (AvgIpc) is 2.45. The highest BCUT2D eigenvalue weighted by Gasteiger charge is 2.37. The number of alkyl halides is 3. The summed E-state index contributed by atoms with van der Waals surface area (Å²) in [4.78, 5) is 3.78. The zero-order valence-corrected chi connectivity index (χ0v) is 8.17. The first-order chi connectivity index (χ1) is 6.45. The molecule has 0 aliphatic heterocycles. The fraction of sp³-hybridized carbons (Fsp3) is 0.667. The molecule has 80 valence electrons. The second kappa shape index (κ2) is 4.16. The van der Waals surface area contributed by atoms with Crippen LogP contribution < -0.4 is 11.3 Å². The number of nitrogens with zero attached hydrogens (tertiary/aromatic N) is 3. The van der Waals surface area contributed by atoms with E-state index in [1.165, 1.54) is 11.0 Å². The van der Waals surface area contributed by atoms with E-state index in [-0.39, 0.29) is 6.42 Å². The van der Waals surface area contributed by atoms with Crippen LogP contribution in [-0.2, 0) is 13.5 Å². The summed E-state index contributed by atoms with van der Waals surface area (Å²) >= 11 is 4.84. The van der Waals surface area contributed by atoms with Crippen molar-refractivity contribution in [3.63, 3.8) is 0 Å². The summed E-state index contributed by atoms with van der Waals surface area (Å²) in [5.74, 6) is 5.34. The summed E-state index contributed by atoms with van der Waals surface area (Å²) in [6.07, 6.45) is 1.18. The van der Waals surface area contributed by atoms with Gasteiger partial charge < -0.3 is 0 Å². The molecule has 0 fully saturated rings. The highest BCUT2D eigenvalue weighted by molar-refractivity contribution is 6.22. The SMILES string of the molecule is Cn1ncnc1CC(NN)C(F)(F)Cl. The van der Waals surface area contributed by atoms with Crippen molar-refractivity contribution >= 4 is 11.6 Å². The molecule has 1 rings (SSSR count). The Morgan fingerprint density at radius 2 is 2.43 bits per heavy atom. The van der Waals surface area contributed by atoms with Crippen LogP contribution in [0.3, 0.4) is 0 Å². The number of rotatable bonds is 4. The quantitative estimate of drug-likeness (QED) is 0.431. The van der Waals surface area contributed by atoms with Gasteiger partial charge in [0.1, 0.15) is 18.2 Å². The van der Waals surface area contributed by atoms with Crippen LogP contribution >= 0.6 is 11.6 Å². The normalized spacial score (nSPS) is 14.4. The summed E-state index contributed by atoms with van der Waals surface area (Å²) in [5.41, 5.74) is 1.94. The topological polar surface area (TPSA) is 68.8 Å². The first-order valence-electron chi connectivity index (χ1n) is 3.81. The number of hydrogen-bond donors (Lipinski definition) is 2. The number of hydrazine groups is 1. The Labute approximate surface area is 84.2 Å². The lowest BCUT2D eigenvalue weighted by atomic mass is 10.2. The van der Waals surface area contributed by atoms with Gasteiger partial charge in [-0.3, -0.25) is 10.5 Å². The summed E-state index contributed by atoms with van der Waals surface area (Å²) < 4.78 is 26.7. The van der Waals surface area contributed by atoms with Crippen LogP contribution in [-0.4, -0.2) is 26.2 Å². The van der Waals surface area contributed by atoms with E-state index >= 15 is 0 Å². The molecule has 0 aliphatic rings. The summed E-state index contributed by atoms with van der Waals surface area (Å²) in [5, 5.41) is 0.319. The van der Waals surface area contributed by atoms with Crippen molar-refractivity contribution < 1.29 is 8.78 Å². The second-order valence-electron chi connectivity index (χ2n) is 2.76. The van der Waals surface area contributed by atoms with E-state index in [2.05, 4.69) is 10.1 Å². The first kappa shape index (κ1) is 11.3. The summed E-state index contributed by atoms with van der Waals surface area (Å²) in [6, 6.07) is -1.37. The Bertz CT molecular complexity index is 297. The number of nitrogens with one attached hydrogen (secondary N) is 1. The van der Waals surface area contributed by atoms with Gasteiger partial charge in [-0.2, -0.15) is 13.9 Å². The van der Waals surface area contributed by atoms with Crippen LogP contribution in [0.4, 0.5) is 8.78 Å². The van der Waals surface area contributed by atoms with Crippen molar-refractivity contribution in [1.82, 2.24) is 20.2 Å². The lowest BCUT2D eigenvalue weighted by Gasteiger charge is -2.19. The van der Waals surface area contributed by atoms with E-state index in [9.17, 15) is 8.78 Å². The predicted octanol–water partition coefficient (Wildman–Crippen LogP) is 0.0211. The minimum atomic E-state index is -3.42. The van der Waals surface area contributed by atoms with Crippen molar-refractivity contribution in [2.24, 2.45) is 12.9 Å². The molecule has 0 saturated carbocycles. The Morgan fingerprint density at radius 3 is 2.79 bits per heavy atom. The van der Waals surface area contributed by atoms with Gasteiger partial charge in [-0.05, 0) is 11.6 Å². The number of aryl methyl sites for hydroxylation is 1. The zero-order valence-electron chi connectivity index (χ0n) is 7.41. The molecule has 0 aliphatic carbocycles. The Kier molecular flexibility index (Phi) is 3.35. The van der Waals surface area contributed by atoms with E-state index in [4.69, 9.17) is 17.4 Å². The van der Waals surface area contributed by atoms with Gasteiger partial charge in [0, 0.05) is 13.5 Å². The van der Waals surface area contributed by atoms with Crippen molar-refractivity contribution in [3.8, 4) is 0 Å². The van der Waals surface area contributed by atoms with Crippen LogP contribution in [0.25, 0.3) is 0 Å². The third-order valence-electron chi connectivity index (χ3n) is 1.79. The highest BCUT2D eigenvalue weighted by atomic mass is 35.5. The van der Waals surface area contributed by atoms with E-state index in [0.717, 1.165) is 0 Å². The maximum absolute atomic E-state index is 12.7. The number of nitrogens with two attached hydrogens (primary N) is 1. The van der Waals surface area contributed by atoms with Gasteiger partial charge in [-0.1, -0.05) is 0 Å². The molecule has 1 heterocycles. The molecule has 0 radical (unpaired) electrons. The first-order valence-corrected chi connectivity index (χ1v) is 4.18. The van der Waals surface area contributed by atoms with E-state index in [1.54, 1.807) is 7.05 Å². The van der Waals surface area contributed by atoms with Crippen molar-refractivity contribution in [2.45, 2.75) is 17.8 Å². The maximum Gasteiger partial charge on any atom is 0.338 e. The molecule has 0 amide bonds. The fourth-order valence-electron chi connectivity index (χ4n) is 0.957. The largest absolute Gasteiger partial charge is 0.338 e. The molecule has 3 N–H and O–H groups in total. The molecule has 0 spiro atoms. The van der Waals surface area contributed by atoms with Gasteiger partial charge in [-0.15, -0.1) is 0 Å². The molecular formula is C6H10ClF2N5. The lowest BCUT2D eigenvalue weighted by Crippen LogP contribution is -2.47. The molecule has 0 saturated heterocycles. The van der Waals surface area contributed by atoms with Crippen molar-refractivity contribution in [2.75, 3.05) is 0 Å². The van der Waals surface area contributed by atoms with Gasteiger partial charge in [0.05, 0.1) is 0 Å². The minimum Gasteiger partial charge on any atom is -0.271 e. The van der Waals surface area contributed by atoms with Crippen LogP contribution in [0.2, 0.25) is 0 Å². The van der Waals surface area contributed by atoms with Crippen LogP contribution in [0.5, 0.6) is 0 Å². The van der Waals surface area contributed by atoms with Gasteiger partial charge in [0.2, 0.25) is 0 Å². The molecular weight excluding hydrogens is 216 g/mol. The number of aromatic nitrogens is 3. The Hall–Kier alpha value is -0.790. The monoisotopic (exact) mass is 225 g/mol. The van der Waals surface area contributed by atoms with Gasteiger partial charge in [-0.25, -0.2) is 10.4 Å². The second-order valence-corrected chi connectivity index (χ2v) is 3.27. The molecule has 0 bridgehead atoms. The van der Waals surface area contributed by atoms with E-state index < -0.39 is 11.4 Å². The molecule has 5 nitrogen and oxygen atoms in total. The minimum absolute atomic E-state index is 0.0937. The van der Waals surface area contributed by atoms with Crippen LogP contribution in [0, 0.1) is 0 Å². The van der Waals surface area contributed by atoms with Crippen molar-refractivity contribution in [1.29, 1.82) is 0 Å². The predicted molar refractivity (Wildman–Crippen MR) is 46.6 cm³/mol. The highest BCUT2D eigenvalue weighted by Crippen LogP contribution is 2.24. The third kappa shape index (κ3) is 2.60. The Morgan fingerprint density at radius 1 is 1.79 bits per heavy atom. The number of hydrogen-bond acceptors (Lipinski definition) is 4. The van der Waals surface area contributed by atoms with E-state index in [0.29, 0.717) is 5.82 Å². The van der Waals surface area contributed by atoms with Gasteiger partial charge >= 0.3 is 5.38 Å². The molecule has 14 heavy (non-hydrogen) atoms. The molecule has 1 atom stereocenters. The number of halogens is 3. The lowest BCUT2D eigenvalue weighted by molar-refractivity contribution is 0.0491. The Balaban J connectivity index is 2.71. The fourth-order valence-corrected chi connectivity index (χ4v) is 1.10. The van der Waals surface area contributed by atoms with Crippen molar-refractivity contribution in [3.05, 3.63) is 12.2 Å². The van der Waals surface area contributed by atoms with Crippen LogP contribution in [0.15, 0.2) is 6.33 Å². The molecule has 0 aromatic carbocycles. The zero-order chi connectivity index (χ0) is 10.8. The molecule has 8 heteroatoms. The summed E-state index contributed by atoms with van der Waals surface area (Å²) in [6.45, 7) is 0. The third-order valence-corrected chi connectivity index (χ3v) is 2.05. The smallest absolute Gasteiger partial charge is 0.271 e. The van der Waals surface area contributed by atoms with Gasteiger partial charge in [0.25, 0.3) is 0 Å². The molecule has 1 unspecified atom stereocenters. The molecule has 1 aromatic rings. The standard InChI is InChI=1S/C6H10ClF2N5/c1-14-5(11-3-12-14)2-4(13-10)6(7,8)9/h3-4,13H,2,10H2,1H3. The van der Waals surface area contributed by atoms with Gasteiger partial charge in [0.15, 0.2) is 0 Å². The van der Waals surface area contributed by atoms with Crippen LogP contribution in [0.1, 0.15) is 5.82 Å². The summed E-state index contributed by atoms with van der Waals surface area (Å²) in [7, 11) is 1.60. The molecule has 1 aromatic heterocycles.